The van der Waals surface area contributed by atoms with E-state index in [0.717, 1.165) is 16.7 Å². The van der Waals surface area contributed by atoms with Crippen LogP contribution in [0, 0.1) is 6.92 Å². The molecular weight excluding hydrogens is 454 g/mol. The van der Waals surface area contributed by atoms with E-state index in [1.165, 1.54) is 10.8 Å². The maximum absolute atomic E-state index is 12.6. The smallest absolute Gasteiger partial charge is 0.330 e. The highest BCUT2D eigenvalue weighted by molar-refractivity contribution is 5.47. The Balaban J connectivity index is 1.62. The second-order valence-corrected chi connectivity index (χ2v) is 9.01. The van der Waals surface area contributed by atoms with Gasteiger partial charge in [0.15, 0.2) is 0 Å². The molecule has 0 bridgehead atoms. The van der Waals surface area contributed by atoms with Crippen LogP contribution >= 0.6 is 0 Å². The van der Waals surface area contributed by atoms with E-state index in [1.807, 2.05) is 54.6 Å². The quantitative estimate of drug-likeness (QED) is 0.392. The van der Waals surface area contributed by atoms with Gasteiger partial charge in [-0.15, -0.1) is 0 Å². The van der Waals surface area contributed by atoms with Crippen molar-refractivity contribution in [2.24, 2.45) is 5.73 Å². The predicted molar refractivity (Wildman–Crippen MR) is 138 cm³/mol. The Morgan fingerprint density at radius 2 is 1.42 bits per heavy atom. The fourth-order valence-electron chi connectivity index (χ4n) is 4.96. The van der Waals surface area contributed by atoms with Gasteiger partial charge in [0.25, 0.3) is 5.56 Å². The van der Waals surface area contributed by atoms with Crippen LogP contribution in [0.5, 0.6) is 0 Å². The van der Waals surface area contributed by atoms with E-state index < -0.39 is 35.3 Å². The Kier molecular flexibility index (Phi) is 6.69. The van der Waals surface area contributed by atoms with Crippen LogP contribution in [0.25, 0.3) is 0 Å². The van der Waals surface area contributed by atoms with Crippen molar-refractivity contribution in [3.8, 4) is 0 Å². The van der Waals surface area contributed by atoms with Crippen LogP contribution < -0.4 is 17.0 Å². The second kappa shape index (κ2) is 10.1. The molecule has 1 fully saturated rings. The number of hydrogen-bond acceptors (Lipinski definition) is 5. The van der Waals surface area contributed by atoms with E-state index in [2.05, 4.69) is 41.4 Å². The molecule has 0 radical (unpaired) electrons. The number of rotatable bonds is 7. The number of hydrogen-bond donors (Lipinski definition) is 2. The summed E-state index contributed by atoms with van der Waals surface area (Å²) in [6.45, 7) is 1.87. The highest BCUT2D eigenvalue weighted by atomic mass is 16.6. The third kappa shape index (κ3) is 4.33. The summed E-state index contributed by atoms with van der Waals surface area (Å²) >= 11 is 0. The summed E-state index contributed by atoms with van der Waals surface area (Å²) in [4.78, 5) is 26.8. The molecule has 0 aliphatic carbocycles. The van der Waals surface area contributed by atoms with E-state index >= 15 is 0 Å². The lowest BCUT2D eigenvalue weighted by Crippen LogP contribution is -2.41. The minimum absolute atomic E-state index is 0.215. The van der Waals surface area contributed by atoms with Gasteiger partial charge in [-0.3, -0.25) is 14.3 Å². The fraction of sp³-hybridized carbons (Fsp3) is 0.241. The zero-order valence-electron chi connectivity index (χ0n) is 20.0. The molecule has 7 nitrogen and oxygen atoms in total. The van der Waals surface area contributed by atoms with Crippen molar-refractivity contribution in [3.63, 3.8) is 0 Å². The molecule has 1 saturated heterocycles. The van der Waals surface area contributed by atoms with E-state index in [0.29, 0.717) is 12.0 Å². The van der Waals surface area contributed by atoms with Gasteiger partial charge in [-0.05, 0) is 23.6 Å². The van der Waals surface area contributed by atoms with Gasteiger partial charge in [0, 0.05) is 24.7 Å². The van der Waals surface area contributed by atoms with Crippen LogP contribution in [-0.4, -0.2) is 28.3 Å². The molecule has 0 unspecified atom stereocenters. The van der Waals surface area contributed by atoms with Gasteiger partial charge in [-0.1, -0.05) is 91.0 Å². The molecule has 7 heteroatoms. The molecular formula is C29H29N3O4. The average Bonchev–Trinajstić information content (AvgIpc) is 3.33. The molecule has 0 amide bonds. The number of ether oxygens (including phenoxy) is 2. The maximum atomic E-state index is 12.6. The van der Waals surface area contributed by atoms with E-state index in [1.54, 1.807) is 6.92 Å². The minimum atomic E-state index is -0.938. The largest absolute Gasteiger partial charge is 0.355 e. The highest BCUT2D eigenvalue weighted by Gasteiger charge is 2.45. The lowest BCUT2D eigenvalue weighted by molar-refractivity contribution is -0.0822. The normalized spacial score (nSPS) is 19.9. The van der Waals surface area contributed by atoms with Gasteiger partial charge in [-0.25, -0.2) is 4.79 Å². The maximum Gasteiger partial charge on any atom is 0.330 e. The van der Waals surface area contributed by atoms with Crippen molar-refractivity contribution in [1.82, 2.24) is 9.55 Å². The molecule has 3 atom stereocenters. The summed E-state index contributed by atoms with van der Waals surface area (Å²) in [5, 5.41) is 0. The summed E-state index contributed by atoms with van der Waals surface area (Å²) in [6, 6.07) is 30.3. The van der Waals surface area contributed by atoms with Crippen LogP contribution in [0.4, 0.5) is 0 Å². The first-order valence-electron chi connectivity index (χ1n) is 12.0. The second-order valence-electron chi connectivity index (χ2n) is 9.01. The van der Waals surface area contributed by atoms with Crippen molar-refractivity contribution in [3.05, 3.63) is 140 Å². The fourth-order valence-corrected chi connectivity index (χ4v) is 4.96. The molecule has 3 aromatic carbocycles. The topological polar surface area (TPSA) is 99.3 Å². The van der Waals surface area contributed by atoms with Crippen LogP contribution in [0.2, 0.25) is 0 Å². The molecule has 1 aliphatic heterocycles. The third-order valence-corrected chi connectivity index (χ3v) is 6.74. The Bertz CT molecular complexity index is 1320. The number of aromatic amines is 1. The number of H-pyrrole nitrogens is 1. The zero-order chi connectivity index (χ0) is 25.1. The summed E-state index contributed by atoms with van der Waals surface area (Å²) < 4.78 is 14.8. The highest BCUT2D eigenvalue weighted by Crippen LogP contribution is 2.44. The zero-order valence-corrected chi connectivity index (χ0v) is 20.0. The third-order valence-electron chi connectivity index (χ3n) is 6.74. The Morgan fingerprint density at radius 3 is 1.89 bits per heavy atom. The van der Waals surface area contributed by atoms with Gasteiger partial charge >= 0.3 is 5.69 Å². The number of aryl methyl sites for hydroxylation is 1. The summed E-state index contributed by atoms with van der Waals surface area (Å²) in [7, 11) is 0. The molecule has 1 aliphatic rings. The number of benzene rings is 3. The van der Waals surface area contributed by atoms with Crippen LogP contribution in [-0.2, 0) is 15.1 Å². The summed E-state index contributed by atoms with van der Waals surface area (Å²) in [5.74, 6) is 0. The van der Waals surface area contributed by atoms with Gasteiger partial charge in [0.2, 0.25) is 0 Å². The molecule has 5 rings (SSSR count). The van der Waals surface area contributed by atoms with Gasteiger partial charge < -0.3 is 15.2 Å². The van der Waals surface area contributed by atoms with Gasteiger partial charge in [-0.2, -0.15) is 0 Å². The minimum Gasteiger partial charge on any atom is -0.355 e. The van der Waals surface area contributed by atoms with E-state index in [9.17, 15) is 9.59 Å². The first-order valence-corrected chi connectivity index (χ1v) is 12.0. The first kappa shape index (κ1) is 23.9. The Hall–Kier alpha value is -3.78. The Labute approximate surface area is 209 Å². The van der Waals surface area contributed by atoms with Crippen molar-refractivity contribution >= 4 is 0 Å². The number of nitrogens with one attached hydrogen (secondary N) is 1. The molecule has 36 heavy (non-hydrogen) atoms. The average molecular weight is 484 g/mol. The van der Waals surface area contributed by atoms with Gasteiger partial charge in [0.1, 0.15) is 11.8 Å². The lowest BCUT2D eigenvalue weighted by Gasteiger charge is -2.39. The molecule has 0 saturated carbocycles. The lowest BCUT2D eigenvalue weighted by atomic mass is 9.79. The molecule has 184 valence electrons. The monoisotopic (exact) mass is 483 g/mol. The van der Waals surface area contributed by atoms with E-state index in [-0.39, 0.29) is 6.54 Å². The summed E-state index contributed by atoms with van der Waals surface area (Å²) in [5.41, 5.74) is 7.62. The number of nitrogens with two attached hydrogens (primary N) is 1. The molecule has 0 spiro atoms. The van der Waals surface area contributed by atoms with Crippen molar-refractivity contribution in [2.45, 2.75) is 37.4 Å². The summed E-state index contributed by atoms with van der Waals surface area (Å²) in [6.07, 6.45) is 0.415. The molecule has 3 N–H and O–H groups in total. The molecule has 1 aromatic heterocycles. The van der Waals surface area contributed by atoms with E-state index in [4.69, 9.17) is 15.2 Å². The van der Waals surface area contributed by atoms with Gasteiger partial charge in [0.05, 0.1) is 12.2 Å². The first-order chi connectivity index (χ1) is 17.5. The predicted octanol–water partition coefficient (Wildman–Crippen LogP) is 3.47. The molecule has 4 aromatic rings. The number of aromatic nitrogens is 2. The molecule has 2 heterocycles. The Morgan fingerprint density at radius 1 is 0.917 bits per heavy atom. The van der Waals surface area contributed by atoms with Crippen molar-refractivity contribution in [1.29, 1.82) is 0 Å². The van der Waals surface area contributed by atoms with Crippen LogP contribution in [0.3, 0.4) is 0 Å². The van der Waals surface area contributed by atoms with Crippen molar-refractivity contribution < 1.29 is 9.47 Å². The number of nitrogens with zero attached hydrogens (tertiary/aromatic N) is 1. The SMILES string of the molecule is Cc1cn([C@H]2C[C@H](OC(c3ccccc3)(c3ccccc3)c3ccccc3)[C@@H](CN)O2)c(=O)[nH]c1=O. The van der Waals surface area contributed by atoms with Crippen LogP contribution in [0.1, 0.15) is 34.9 Å². The van der Waals surface area contributed by atoms with Crippen LogP contribution in [0.15, 0.2) is 107 Å². The van der Waals surface area contributed by atoms with Crippen molar-refractivity contribution in [2.75, 3.05) is 6.54 Å². The standard InChI is InChI=1S/C29H29N3O4/c1-20-19-32(28(34)31-27(20)33)26-17-24(25(18-30)35-26)36-29(21-11-5-2-6-12-21,22-13-7-3-8-14-22)23-15-9-4-10-16-23/h2-16,19,24-26H,17-18,30H2,1H3,(H,31,33,34)/t24-,25+,26+/m0/s1.